The minimum absolute atomic E-state index is 0.206. The van der Waals surface area contributed by atoms with E-state index in [1.165, 1.54) is 11.9 Å². The van der Waals surface area contributed by atoms with E-state index in [1.807, 2.05) is 0 Å². The van der Waals surface area contributed by atoms with Crippen molar-refractivity contribution >= 4 is 11.9 Å². The van der Waals surface area contributed by atoms with Crippen LogP contribution in [-0.2, 0) is 19.2 Å². The van der Waals surface area contributed by atoms with Crippen molar-refractivity contribution in [2.45, 2.75) is 39.4 Å². The van der Waals surface area contributed by atoms with Gasteiger partial charge in [0.15, 0.2) is 0 Å². The van der Waals surface area contributed by atoms with E-state index < -0.39 is 24.1 Å². The van der Waals surface area contributed by atoms with Gasteiger partial charge in [0.2, 0.25) is 5.28 Å². The van der Waals surface area contributed by atoms with E-state index in [1.54, 1.807) is 6.92 Å². The summed E-state index contributed by atoms with van der Waals surface area (Å²) in [7, 11) is 0. The second-order valence-electron chi connectivity index (χ2n) is 4.42. The Morgan fingerprint density at radius 3 is 2.60 bits per heavy atom. The number of ether oxygens (including phenoxy) is 1. The number of carboxylic acid groups (broad SMARTS) is 1. The minimum Gasteiger partial charge on any atom is -0.569 e. The average molecular weight is 289 g/mol. The Morgan fingerprint density at radius 1 is 1.50 bits per heavy atom. The van der Waals surface area contributed by atoms with Gasteiger partial charge in [0.1, 0.15) is 0 Å². The number of aliphatic carboxylic acids is 1. The third-order valence-electron chi connectivity index (χ3n) is 2.91. The molecule has 0 aromatic heterocycles. The smallest absolute Gasteiger partial charge is 0.308 e. The predicted molar refractivity (Wildman–Crippen MR) is 64.9 cm³/mol. The normalized spacial score (nSPS) is 18.5. The summed E-state index contributed by atoms with van der Waals surface area (Å²) in [6, 6.07) is 0. The van der Waals surface area contributed by atoms with Crippen molar-refractivity contribution in [2.24, 2.45) is 11.2 Å². The molecule has 20 heavy (non-hydrogen) atoms. The molecule has 0 aromatic rings. The molecule has 0 aliphatic carbocycles. The second-order valence-corrected chi connectivity index (χ2v) is 4.42. The lowest BCUT2D eigenvalue weighted by atomic mass is 9.98. The quantitative estimate of drug-likeness (QED) is 0.254. The fourth-order valence-electron chi connectivity index (χ4n) is 1.73. The zero-order valence-corrected chi connectivity index (χ0v) is 11.5. The molecule has 1 N–H and O–H groups in total. The number of hydrogen-bond acceptors (Lipinski definition) is 6. The van der Waals surface area contributed by atoms with Crippen molar-refractivity contribution in [3.05, 3.63) is 5.21 Å². The number of hydrazine groups is 1. The first-order valence-corrected chi connectivity index (χ1v) is 6.45. The molecular weight excluding hydrogens is 270 g/mol. The molecule has 1 aliphatic rings. The standard InChI is InChI=1S/C11H19N3O6/c1-3-10(15)19-8(2)20-12-14(18)13-6-4-9(5-7-13)11(16)17/h8-9H,3-7H2,1-2H3,(H,16,17). The number of carbonyl (C=O) groups excluding carboxylic acids is 1. The lowest BCUT2D eigenvalue weighted by molar-refractivity contribution is -0.715. The zero-order valence-electron chi connectivity index (χ0n) is 11.5. The maximum atomic E-state index is 11.6. The van der Waals surface area contributed by atoms with Crippen molar-refractivity contribution in [3.8, 4) is 0 Å². The van der Waals surface area contributed by atoms with Gasteiger partial charge in [-0.3, -0.25) is 14.4 Å². The van der Waals surface area contributed by atoms with E-state index in [9.17, 15) is 14.8 Å². The fraction of sp³-hybridized carbons (Fsp3) is 0.818. The highest BCUT2D eigenvalue weighted by atomic mass is 16.8. The topological polar surface area (TPSA) is 114 Å². The molecule has 9 nitrogen and oxygen atoms in total. The molecule has 1 atom stereocenters. The molecule has 1 saturated heterocycles. The molecule has 9 heteroatoms. The number of carbonyl (C=O) groups is 2. The van der Waals surface area contributed by atoms with Crippen LogP contribution in [0.15, 0.2) is 5.28 Å². The fourth-order valence-corrected chi connectivity index (χ4v) is 1.73. The molecule has 1 aliphatic heterocycles. The molecule has 0 spiro atoms. The van der Waals surface area contributed by atoms with Crippen LogP contribution in [0.2, 0.25) is 0 Å². The van der Waals surface area contributed by atoms with E-state index in [0.717, 1.165) is 0 Å². The van der Waals surface area contributed by atoms with Gasteiger partial charge in [0, 0.05) is 13.3 Å². The van der Waals surface area contributed by atoms with Gasteiger partial charge in [-0.05, 0) is 12.8 Å². The first kappa shape index (κ1) is 16.0. The van der Waals surface area contributed by atoms with Crippen LogP contribution in [0.1, 0.15) is 33.1 Å². The van der Waals surface area contributed by atoms with Crippen molar-refractivity contribution in [1.29, 1.82) is 0 Å². The Balaban J connectivity index is 2.38. The van der Waals surface area contributed by atoms with Gasteiger partial charge >= 0.3 is 11.9 Å². The van der Waals surface area contributed by atoms with Gasteiger partial charge in [-0.15, -0.1) is 5.01 Å². The van der Waals surface area contributed by atoms with Gasteiger partial charge in [0.05, 0.1) is 24.0 Å². The van der Waals surface area contributed by atoms with E-state index in [-0.39, 0.29) is 24.5 Å². The summed E-state index contributed by atoms with van der Waals surface area (Å²) < 4.78 is 4.77. The van der Waals surface area contributed by atoms with Crippen molar-refractivity contribution in [1.82, 2.24) is 5.01 Å². The molecule has 0 saturated carbocycles. The molecule has 1 rings (SSSR count). The first-order valence-electron chi connectivity index (χ1n) is 6.45. The number of hydrogen-bond donors (Lipinski definition) is 1. The summed E-state index contributed by atoms with van der Waals surface area (Å²) in [5, 5.41) is 25.0. The maximum absolute atomic E-state index is 11.6. The zero-order chi connectivity index (χ0) is 15.1. The van der Waals surface area contributed by atoms with E-state index in [4.69, 9.17) is 14.7 Å². The summed E-state index contributed by atoms with van der Waals surface area (Å²) in [6.07, 6.45) is 0.0151. The van der Waals surface area contributed by atoms with Crippen LogP contribution >= 0.6 is 0 Å². The van der Waals surface area contributed by atoms with Crippen LogP contribution in [0.3, 0.4) is 0 Å². The largest absolute Gasteiger partial charge is 0.569 e. The third-order valence-corrected chi connectivity index (χ3v) is 2.91. The molecule has 0 radical (unpaired) electrons. The van der Waals surface area contributed by atoms with Gasteiger partial charge in [-0.2, -0.15) is 0 Å². The molecule has 1 heterocycles. The number of carboxylic acids is 1. The number of piperidine rings is 1. The van der Waals surface area contributed by atoms with Crippen LogP contribution in [0.25, 0.3) is 0 Å². The van der Waals surface area contributed by atoms with Crippen molar-refractivity contribution in [2.75, 3.05) is 13.1 Å². The molecular formula is C11H19N3O6. The summed E-state index contributed by atoms with van der Waals surface area (Å²) in [4.78, 5) is 26.7. The maximum Gasteiger partial charge on any atom is 0.308 e. The third kappa shape index (κ3) is 4.90. The Bertz CT molecular complexity index is 378. The van der Waals surface area contributed by atoms with Gasteiger partial charge in [0.25, 0.3) is 6.29 Å². The lowest BCUT2D eigenvalue weighted by Gasteiger charge is -2.25. The minimum atomic E-state index is -0.949. The van der Waals surface area contributed by atoms with Crippen molar-refractivity contribution in [3.63, 3.8) is 0 Å². The van der Waals surface area contributed by atoms with Gasteiger partial charge in [-0.25, -0.2) is 0 Å². The molecule has 1 fully saturated rings. The number of esters is 1. The summed E-state index contributed by atoms with van der Waals surface area (Å²) in [5.41, 5.74) is 0. The Hall–Kier alpha value is -2.06. The number of nitrogens with zero attached hydrogens (tertiary/aromatic N) is 3. The Labute approximate surface area is 116 Å². The van der Waals surface area contributed by atoms with Crippen LogP contribution in [0.5, 0.6) is 0 Å². The van der Waals surface area contributed by atoms with Crippen molar-refractivity contribution < 1.29 is 29.2 Å². The molecule has 0 amide bonds. The highest BCUT2D eigenvalue weighted by molar-refractivity contribution is 5.70. The molecule has 114 valence electrons. The van der Waals surface area contributed by atoms with Crippen LogP contribution < -0.4 is 0 Å². The molecule has 0 bridgehead atoms. The second kappa shape index (κ2) is 7.51. The monoisotopic (exact) mass is 289 g/mol. The highest BCUT2D eigenvalue weighted by Crippen LogP contribution is 2.17. The average Bonchev–Trinajstić information content (AvgIpc) is 2.44. The molecule has 1 unspecified atom stereocenters. The summed E-state index contributed by atoms with van der Waals surface area (Å²) in [6.45, 7) is 3.66. The lowest BCUT2D eigenvalue weighted by Crippen LogP contribution is -2.40. The van der Waals surface area contributed by atoms with Crippen LogP contribution in [-0.4, -0.2) is 46.4 Å². The summed E-state index contributed by atoms with van der Waals surface area (Å²) in [5.74, 6) is -1.73. The van der Waals surface area contributed by atoms with E-state index >= 15 is 0 Å². The first-order chi connectivity index (χ1) is 9.43. The van der Waals surface area contributed by atoms with E-state index in [2.05, 4.69) is 5.28 Å². The van der Waals surface area contributed by atoms with Gasteiger partial charge in [-0.1, -0.05) is 6.92 Å². The van der Waals surface area contributed by atoms with E-state index in [0.29, 0.717) is 12.8 Å². The highest BCUT2D eigenvalue weighted by Gasteiger charge is 2.28. The Morgan fingerprint density at radius 2 is 2.10 bits per heavy atom. The Kier molecular flexibility index (Phi) is 6.01. The predicted octanol–water partition coefficient (Wildman–Crippen LogP) is 0.891. The number of rotatable bonds is 6. The summed E-state index contributed by atoms with van der Waals surface area (Å²) >= 11 is 0. The molecule has 0 aromatic carbocycles. The SMILES string of the molecule is CCC(=O)OC(C)ON=[N+]([O-])N1CCC(C(=O)O)CC1. The van der Waals surface area contributed by atoms with Crippen LogP contribution in [0.4, 0.5) is 0 Å². The van der Waals surface area contributed by atoms with Crippen LogP contribution in [0, 0.1) is 11.1 Å². The van der Waals surface area contributed by atoms with Gasteiger partial charge < -0.3 is 15.1 Å².